The average Bonchev–Trinajstić information content (AvgIpc) is 2.85. The summed E-state index contributed by atoms with van der Waals surface area (Å²) in [4.78, 5) is 14.8. The molecule has 3 rings (SSSR count). The first-order chi connectivity index (χ1) is 10.1. The summed E-state index contributed by atoms with van der Waals surface area (Å²) in [7, 11) is 0. The van der Waals surface area contributed by atoms with Crippen molar-refractivity contribution in [3.8, 4) is 11.3 Å². The van der Waals surface area contributed by atoms with Crippen LogP contribution in [-0.4, -0.2) is 19.4 Å². The van der Waals surface area contributed by atoms with Gasteiger partial charge in [-0.25, -0.2) is 4.98 Å². The van der Waals surface area contributed by atoms with Crippen molar-refractivity contribution in [2.24, 2.45) is 0 Å². The van der Waals surface area contributed by atoms with Gasteiger partial charge in [0.15, 0.2) is 0 Å². The molecule has 0 aliphatic heterocycles. The van der Waals surface area contributed by atoms with E-state index in [0.717, 1.165) is 0 Å². The molecule has 0 unspecified atom stereocenters. The Kier molecular flexibility index (Phi) is 3.03. The molecule has 1 aromatic carbocycles. The molecule has 0 atom stereocenters. The first kappa shape index (κ1) is 13.1. The molecule has 0 aliphatic rings. The number of imidazole rings is 1. The van der Waals surface area contributed by atoms with E-state index in [1.165, 1.54) is 12.1 Å². The number of aliphatic hydroxyl groups is 1. The molecule has 2 heterocycles. The third-order valence-electron chi connectivity index (χ3n) is 3.27. The Morgan fingerprint density at radius 1 is 1.33 bits per heavy atom. The Labute approximate surface area is 119 Å². The summed E-state index contributed by atoms with van der Waals surface area (Å²) in [6.07, 6.45) is 1.73. The summed E-state index contributed by atoms with van der Waals surface area (Å²) >= 11 is 0. The van der Waals surface area contributed by atoms with Gasteiger partial charge in [0.2, 0.25) is 0 Å². The number of nitro benzene ring substituents is 1. The molecule has 0 spiro atoms. The number of pyridine rings is 1. The maximum atomic E-state index is 10.9. The van der Waals surface area contributed by atoms with Gasteiger partial charge in [0.25, 0.3) is 5.69 Å². The van der Waals surface area contributed by atoms with E-state index in [0.29, 0.717) is 28.3 Å². The molecule has 7 heteroatoms. The van der Waals surface area contributed by atoms with Crippen molar-refractivity contribution >= 4 is 17.2 Å². The maximum absolute atomic E-state index is 10.9. The Bertz CT molecular complexity index is 841. The molecule has 0 bridgehead atoms. The van der Waals surface area contributed by atoms with Crippen LogP contribution in [-0.2, 0) is 6.61 Å². The fourth-order valence-electron chi connectivity index (χ4n) is 2.25. The highest BCUT2D eigenvalue weighted by Crippen LogP contribution is 2.29. The number of fused-ring (bicyclic) bond motifs is 1. The summed E-state index contributed by atoms with van der Waals surface area (Å²) in [5, 5.41) is 20.2. The second-order valence-corrected chi connectivity index (χ2v) is 4.54. The van der Waals surface area contributed by atoms with Crippen LogP contribution in [0, 0.1) is 10.1 Å². The van der Waals surface area contributed by atoms with Crippen molar-refractivity contribution in [3.63, 3.8) is 0 Å². The normalized spacial score (nSPS) is 10.9. The van der Waals surface area contributed by atoms with Crippen molar-refractivity contribution in [2.75, 3.05) is 5.73 Å². The lowest BCUT2D eigenvalue weighted by molar-refractivity contribution is -0.384. The van der Waals surface area contributed by atoms with Crippen LogP contribution in [0.25, 0.3) is 16.9 Å². The molecular formula is C14H12N4O3. The second-order valence-electron chi connectivity index (χ2n) is 4.54. The van der Waals surface area contributed by atoms with E-state index >= 15 is 0 Å². The van der Waals surface area contributed by atoms with Crippen LogP contribution in [0.1, 0.15) is 5.56 Å². The van der Waals surface area contributed by atoms with Gasteiger partial charge in [-0.2, -0.15) is 0 Å². The number of non-ortho nitro benzene ring substituents is 1. The first-order valence-electron chi connectivity index (χ1n) is 6.23. The third-order valence-corrected chi connectivity index (χ3v) is 3.27. The van der Waals surface area contributed by atoms with Crippen LogP contribution in [0.3, 0.4) is 0 Å². The van der Waals surface area contributed by atoms with Crippen LogP contribution >= 0.6 is 0 Å². The summed E-state index contributed by atoms with van der Waals surface area (Å²) < 4.78 is 1.65. The molecule has 3 aromatic rings. The number of nitrogens with two attached hydrogens (primary N) is 1. The molecule has 0 amide bonds. The lowest BCUT2D eigenvalue weighted by atomic mass is 10.1. The van der Waals surface area contributed by atoms with Gasteiger partial charge >= 0.3 is 0 Å². The Morgan fingerprint density at radius 3 is 2.86 bits per heavy atom. The summed E-state index contributed by atoms with van der Waals surface area (Å²) in [6, 6.07) is 9.64. The van der Waals surface area contributed by atoms with E-state index in [9.17, 15) is 15.2 Å². The second kappa shape index (κ2) is 4.88. The topological polar surface area (TPSA) is 107 Å². The highest BCUT2D eigenvalue weighted by atomic mass is 16.6. The van der Waals surface area contributed by atoms with Gasteiger partial charge in [-0.1, -0.05) is 18.2 Å². The maximum Gasteiger partial charge on any atom is 0.270 e. The first-order valence-corrected chi connectivity index (χ1v) is 6.23. The van der Waals surface area contributed by atoms with Gasteiger partial charge in [-0.05, 0) is 6.07 Å². The van der Waals surface area contributed by atoms with E-state index in [1.54, 1.807) is 34.9 Å². The zero-order valence-electron chi connectivity index (χ0n) is 10.9. The zero-order valence-corrected chi connectivity index (χ0v) is 10.9. The van der Waals surface area contributed by atoms with E-state index in [4.69, 9.17) is 5.73 Å². The van der Waals surface area contributed by atoms with Gasteiger partial charge in [0.05, 0.1) is 11.5 Å². The van der Waals surface area contributed by atoms with Crippen molar-refractivity contribution < 1.29 is 10.0 Å². The molecule has 3 N–H and O–H groups in total. The number of nitrogen functional groups attached to an aromatic ring is 1. The number of aromatic nitrogens is 2. The van der Waals surface area contributed by atoms with Gasteiger partial charge in [-0.15, -0.1) is 0 Å². The van der Waals surface area contributed by atoms with Gasteiger partial charge in [-0.3, -0.25) is 14.5 Å². The van der Waals surface area contributed by atoms with Gasteiger partial charge < -0.3 is 10.8 Å². The van der Waals surface area contributed by atoms with Crippen molar-refractivity contribution in [3.05, 3.63) is 58.3 Å². The predicted molar refractivity (Wildman–Crippen MR) is 77.6 cm³/mol. The number of nitro groups is 1. The fraction of sp³-hybridized carbons (Fsp3) is 0.0714. The Hall–Kier alpha value is -2.93. The molecule has 0 fully saturated rings. The number of aliphatic hydroxyl groups excluding tert-OH is 1. The van der Waals surface area contributed by atoms with Crippen LogP contribution in [0.4, 0.5) is 11.5 Å². The minimum Gasteiger partial charge on any atom is -0.392 e. The molecular weight excluding hydrogens is 272 g/mol. The Balaban J connectivity index is 2.23. The lowest BCUT2D eigenvalue weighted by Crippen LogP contribution is -1.96. The predicted octanol–water partition coefficient (Wildman–Crippen LogP) is 1.98. The van der Waals surface area contributed by atoms with Gasteiger partial charge in [0.1, 0.15) is 17.2 Å². The number of hydrogen-bond donors (Lipinski definition) is 2. The van der Waals surface area contributed by atoms with Crippen LogP contribution in [0.5, 0.6) is 0 Å². The third kappa shape index (κ3) is 2.09. The summed E-state index contributed by atoms with van der Waals surface area (Å²) in [6.45, 7) is -0.158. The van der Waals surface area contributed by atoms with E-state index < -0.39 is 4.92 Å². The molecule has 0 saturated heterocycles. The molecule has 0 aliphatic carbocycles. The van der Waals surface area contributed by atoms with E-state index in [-0.39, 0.29) is 12.3 Å². The molecule has 21 heavy (non-hydrogen) atoms. The standard InChI is InChI=1S/C14H12N4O3/c15-13-12(9-3-1-5-11(7-9)18(20)21)16-14-10(8-19)4-2-6-17(13)14/h1-7,19H,8,15H2. The average molecular weight is 284 g/mol. The summed E-state index contributed by atoms with van der Waals surface area (Å²) in [5.41, 5.74) is 8.25. The molecule has 0 radical (unpaired) electrons. The quantitative estimate of drug-likeness (QED) is 0.565. The molecule has 7 nitrogen and oxygen atoms in total. The largest absolute Gasteiger partial charge is 0.392 e. The number of benzene rings is 1. The zero-order chi connectivity index (χ0) is 15.0. The van der Waals surface area contributed by atoms with Crippen LogP contribution in [0.15, 0.2) is 42.6 Å². The Morgan fingerprint density at radius 2 is 2.14 bits per heavy atom. The number of nitrogens with zero attached hydrogens (tertiary/aromatic N) is 3. The minimum atomic E-state index is -0.464. The highest BCUT2D eigenvalue weighted by molar-refractivity contribution is 5.77. The van der Waals surface area contributed by atoms with Crippen molar-refractivity contribution in [1.82, 2.24) is 9.38 Å². The molecule has 0 saturated carbocycles. The van der Waals surface area contributed by atoms with Crippen molar-refractivity contribution in [2.45, 2.75) is 6.61 Å². The lowest BCUT2D eigenvalue weighted by Gasteiger charge is -2.00. The highest BCUT2D eigenvalue weighted by Gasteiger charge is 2.15. The molecule has 106 valence electrons. The number of hydrogen-bond acceptors (Lipinski definition) is 5. The number of rotatable bonds is 3. The monoisotopic (exact) mass is 284 g/mol. The molecule has 2 aromatic heterocycles. The SMILES string of the molecule is Nc1c(-c2cccc([N+](=O)[O-])c2)nc2c(CO)cccn12. The smallest absolute Gasteiger partial charge is 0.270 e. The van der Waals surface area contributed by atoms with Crippen molar-refractivity contribution in [1.29, 1.82) is 0 Å². The van der Waals surface area contributed by atoms with E-state index in [1.807, 2.05) is 0 Å². The fourth-order valence-corrected chi connectivity index (χ4v) is 2.25. The van der Waals surface area contributed by atoms with Gasteiger partial charge in [0, 0.05) is 29.5 Å². The van der Waals surface area contributed by atoms with E-state index in [2.05, 4.69) is 4.98 Å². The van der Waals surface area contributed by atoms with Crippen LogP contribution in [0.2, 0.25) is 0 Å². The van der Waals surface area contributed by atoms with Crippen LogP contribution < -0.4 is 5.73 Å². The number of anilines is 1. The minimum absolute atomic E-state index is 0.0219. The summed E-state index contributed by atoms with van der Waals surface area (Å²) in [5.74, 6) is 0.376.